The molecule has 180 valence electrons. The second-order valence-corrected chi connectivity index (χ2v) is 22.5. The van der Waals surface area contributed by atoms with Gasteiger partial charge in [-0.05, 0) is 63.8 Å². The summed E-state index contributed by atoms with van der Waals surface area (Å²) in [6.45, 7) is 22.2. The van der Waals surface area contributed by atoms with E-state index in [2.05, 4.69) is 96.9 Å². The van der Waals surface area contributed by atoms with Crippen molar-refractivity contribution in [1.82, 2.24) is 5.32 Å². The molecule has 1 aliphatic carbocycles. The first-order valence-corrected chi connectivity index (χ1v) is 18.7. The number of ether oxygens (including phenoxy) is 1. The Balaban J connectivity index is 1.98. The Kier molecular flexibility index (Phi) is 6.93. The number of thioether (sulfide) groups is 1. The summed E-state index contributed by atoms with van der Waals surface area (Å²) in [4.78, 5) is 12.3. The van der Waals surface area contributed by atoms with Crippen LogP contribution in [-0.2, 0) is 18.4 Å². The third-order valence-corrected chi connectivity index (χ3v) is 14.0. The minimum absolute atomic E-state index is 0.0839. The van der Waals surface area contributed by atoms with E-state index in [0.29, 0.717) is 6.42 Å². The molecule has 3 rings (SSSR count). The molecule has 1 saturated heterocycles. The average molecular weight is 496 g/mol. The van der Waals surface area contributed by atoms with Gasteiger partial charge in [0.05, 0.1) is 6.10 Å². The summed E-state index contributed by atoms with van der Waals surface area (Å²) in [5, 5.41) is 3.25. The molecule has 1 saturated carbocycles. The fraction of sp³-hybridized carbons (Fsp3) is 0.708. The average Bonchev–Trinajstić information content (AvgIpc) is 3.38. The van der Waals surface area contributed by atoms with Crippen LogP contribution in [0.25, 0.3) is 0 Å². The van der Waals surface area contributed by atoms with Crippen LogP contribution >= 0.6 is 11.8 Å². The predicted molar refractivity (Wildman–Crippen MR) is 137 cm³/mol. The van der Waals surface area contributed by atoms with Crippen LogP contribution in [0, 0.1) is 6.92 Å². The molecule has 1 aromatic rings. The third-order valence-electron chi connectivity index (χ3n) is 7.06. The van der Waals surface area contributed by atoms with Crippen molar-refractivity contribution in [3.05, 3.63) is 29.8 Å². The molecular formula is C24H41NO4SSi2. The molecule has 0 bridgehead atoms. The Labute approximate surface area is 200 Å². The number of rotatable bonds is 9. The van der Waals surface area contributed by atoms with Crippen LogP contribution in [0.3, 0.4) is 0 Å². The highest BCUT2D eigenvalue weighted by molar-refractivity contribution is 8.00. The molecule has 1 aliphatic heterocycles. The quantitative estimate of drug-likeness (QED) is 0.206. The topological polar surface area (TPSA) is 60.1 Å². The fourth-order valence-electron chi connectivity index (χ4n) is 4.46. The summed E-state index contributed by atoms with van der Waals surface area (Å²) < 4.78 is 20.2. The maximum atomic E-state index is 11.8. The minimum Gasteiger partial charge on any atom is -0.411 e. The van der Waals surface area contributed by atoms with Crippen LogP contribution < -0.4 is 5.32 Å². The Morgan fingerprint density at radius 1 is 1.16 bits per heavy atom. The first kappa shape index (κ1) is 26.0. The van der Waals surface area contributed by atoms with Gasteiger partial charge in [0.25, 0.3) is 0 Å². The molecule has 0 radical (unpaired) electrons. The van der Waals surface area contributed by atoms with Gasteiger partial charge in [-0.3, -0.25) is 4.79 Å². The van der Waals surface area contributed by atoms with Crippen LogP contribution in [0.5, 0.6) is 0 Å². The second-order valence-electron chi connectivity index (χ2n) is 11.9. The molecule has 1 amide bonds. The Hall–Kier alpha value is -0.646. The summed E-state index contributed by atoms with van der Waals surface area (Å²) in [5.74, 6) is 0. The smallest absolute Gasteiger partial charge is 0.208 e. The van der Waals surface area contributed by atoms with Gasteiger partial charge in [0.15, 0.2) is 16.6 Å². The molecule has 1 heterocycles. The lowest BCUT2D eigenvalue weighted by atomic mass is 9.94. The van der Waals surface area contributed by atoms with E-state index >= 15 is 0 Å². The van der Waals surface area contributed by atoms with Gasteiger partial charge < -0.3 is 18.9 Å². The fourth-order valence-corrected chi connectivity index (χ4v) is 8.79. The minimum atomic E-state index is -2.03. The molecule has 5 nitrogen and oxygen atoms in total. The maximum Gasteiger partial charge on any atom is 0.208 e. The van der Waals surface area contributed by atoms with Crippen LogP contribution in [0.4, 0.5) is 0 Å². The van der Waals surface area contributed by atoms with E-state index in [1.807, 2.05) is 0 Å². The zero-order valence-electron chi connectivity index (χ0n) is 21.4. The van der Waals surface area contributed by atoms with E-state index < -0.39 is 27.1 Å². The SMILES string of the molecule is Cc1ccc(S[C@@]2(NC=O)C[C@@](O[Si](C)(C)C)([C@@H](C)O[Si](C)(C)C(C)(C)C)[C@@H]3O[C@@H]32)cc1. The van der Waals surface area contributed by atoms with Crippen molar-refractivity contribution in [3.8, 4) is 0 Å². The van der Waals surface area contributed by atoms with E-state index in [1.54, 1.807) is 11.8 Å². The van der Waals surface area contributed by atoms with Crippen LogP contribution in [0.1, 0.15) is 39.7 Å². The summed E-state index contributed by atoms with van der Waals surface area (Å²) in [6.07, 6.45) is 1.15. The van der Waals surface area contributed by atoms with Crippen LogP contribution in [0.15, 0.2) is 29.2 Å². The lowest BCUT2D eigenvalue weighted by Crippen LogP contribution is -2.59. The number of carbonyl (C=O) groups excluding carboxylic acids is 1. The molecule has 1 aromatic carbocycles. The number of amides is 1. The van der Waals surface area contributed by atoms with Gasteiger partial charge in [-0.1, -0.05) is 50.2 Å². The normalized spacial score (nSPS) is 31.2. The molecule has 1 N–H and O–H groups in total. The number of nitrogens with one attached hydrogen (secondary N) is 1. The molecule has 8 heteroatoms. The zero-order chi connectivity index (χ0) is 24.2. The highest BCUT2D eigenvalue weighted by atomic mass is 32.2. The van der Waals surface area contributed by atoms with Crippen molar-refractivity contribution >= 4 is 34.8 Å². The number of aryl methyl sites for hydroxylation is 1. The molecular weight excluding hydrogens is 455 g/mol. The maximum absolute atomic E-state index is 11.8. The number of hydrogen-bond donors (Lipinski definition) is 1. The van der Waals surface area contributed by atoms with Crippen LogP contribution in [0.2, 0.25) is 37.8 Å². The van der Waals surface area contributed by atoms with Gasteiger partial charge >= 0.3 is 0 Å². The Bertz CT molecular complexity index is 836. The van der Waals surface area contributed by atoms with E-state index in [9.17, 15) is 4.79 Å². The first-order chi connectivity index (χ1) is 14.6. The molecule has 5 atom stereocenters. The largest absolute Gasteiger partial charge is 0.411 e. The van der Waals surface area contributed by atoms with Gasteiger partial charge in [0.1, 0.15) is 22.7 Å². The van der Waals surface area contributed by atoms with Gasteiger partial charge in [-0.25, -0.2) is 0 Å². The summed E-state index contributed by atoms with van der Waals surface area (Å²) >= 11 is 1.67. The molecule has 0 aromatic heterocycles. The Morgan fingerprint density at radius 2 is 1.75 bits per heavy atom. The summed E-state index contributed by atoms with van der Waals surface area (Å²) in [7, 11) is -3.98. The predicted octanol–water partition coefficient (Wildman–Crippen LogP) is 5.70. The van der Waals surface area contributed by atoms with E-state index in [-0.39, 0.29) is 23.4 Å². The number of fused-ring (bicyclic) bond motifs is 1. The molecule has 0 spiro atoms. The standard InChI is InChI=1S/C24H41NO4SSi2/c1-17-11-13-19(14-12-17)30-24(25-16-26)15-23(20-21(24)27-20,29-31(6,7)8)18(2)28-32(9,10)22(3,4)5/h11-14,16,18,20-21H,15H2,1-10H3,(H,25,26)/t18-,20-,21+,23-,24+/m1/s1. The molecule has 2 fully saturated rings. The van der Waals surface area contributed by atoms with Crippen molar-refractivity contribution < 1.29 is 18.4 Å². The number of epoxide rings is 1. The van der Waals surface area contributed by atoms with Gasteiger partial charge in [-0.2, -0.15) is 0 Å². The van der Waals surface area contributed by atoms with Crippen molar-refractivity contribution in [1.29, 1.82) is 0 Å². The lowest BCUT2D eigenvalue weighted by Gasteiger charge is -2.47. The number of benzene rings is 1. The van der Waals surface area contributed by atoms with Gasteiger partial charge in [0.2, 0.25) is 6.41 Å². The lowest BCUT2D eigenvalue weighted by molar-refractivity contribution is -0.112. The van der Waals surface area contributed by atoms with Crippen LogP contribution in [-0.4, -0.2) is 51.8 Å². The monoisotopic (exact) mass is 495 g/mol. The number of hydrogen-bond acceptors (Lipinski definition) is 5. The van der Waals surface area contributed by atoms with Crippen molar-refractivity contribution in [2.75, 3.05) is 0 Å². The van der Waals surface area contributed by atoms with Crippen molar-refractivity contribution in [2.45, 2.75) is 112 Å². The summed E-state index contributed by atoms with van der Waals surface area (Å²) in [6, 6.07) is 8.43. The van der Waals surface area contributed by atoms with E-state index in [1.165, 1.54) is 5.56 Å². The van der Waals surface area contributed by atoms with E-state index in [4.69, 9.17) is 13.6 Å². The van der Waals surface area contributed by atoms with Crippen molar-refractivity contribution in [2.24, 2.45) is 0 Å². The third kappa shape index (κ3) is 5.05. The molecule has 2 aliphatic rings. The summed E-state index contributed by atoms with van der Waals surface area (Å²) in [5.41, 5.74) is 0.629. The molecule has 32 heavy (non-hydrogen) atoms. The first-order valence-electron chi connectivity index (χ1n) is 11.6. The van der Waals surface area contributed by atoms with Crippen molar-refractivity contribution in [3.63, 3.8) is 0 Å². The van der Waals surface area contributed by atoms with E-state index in [0.717, 1.165) is 11.3 Å². The highest BCUT2D eigenvalue weighted by Gasteiger charge is 2.75. The second kappa shape index (κ2) is 8.54. The number of carbonyl (C=O) groups is 1. The Morgan fingerprint density at radius 3 is 2.25 bits per heavy atom. The highest BCUT2D eigenvalue weighted by Crippen LogP contribution is 2.61. The zero-order valence-corrected chi connectivity index (χ0v) is 24.2. The molecule has 0 unspecified atom stereocenters. The van der Waals surface area contributed by atoms with Gasteiger partial charge in [-0.15, -0.1) is 0 Å². The van der Waals surface area contributed by atoms with Gasteiger partial charge in [0, 0.05) is 11.3 Å².